The van der Waals surface area contributed by atoms with E-state index in [1.54, 1.807) is 32.0 Å². The number of carbonyl (C=O) groups is 2. The maximum atomic E-state index is 13.4. The second kappa shape index (κ2) is 11.5. The monoisotopic (exact) mass is 467 g/mol. The number of pyridine rings is 1. The quantitative estimate of drug-likeness (QED) is 0.622. The summed E-state index contributed by atoms with van der Waals surface area (Å²) in [6.07, 6.45) is 5.44. The van der Waals surface area contributed by atoms with E-state index >= 15 is 0 Å². The van der Waals surface area contributed by atoms with E-state index in [9.17, 15) is 14.7 Å². The molecule has 2 aromatic heterocycles. The van der Waals surface area contributed by atoms with Gasteiger partial charge in [-0.25, -0.2) is 9.97 Å². The van der Waals surface area contributed by atoms with E-state index in [0.29, 0.717) is 12.1 Å². The van der Waals surface area contributed by atoms with Gasteiger partial charge < -0.3 is 24.4 Å². The number of amides is 2. The van der Waals surface area contributed by atoms with Crippen LogP contribution in [0.2, 0.25) is 0 Å². The third-order valence-corrected chi connectivity index (χ3v) is 5.55. The van der Waals surface area contributed by atoms with Gasteiger partial charge in [0.1, 0.15) is 24.0 Å². The molecule has 0 aliphatic carbocycles. The van der Waals surface area contributed by atoms with Gasteiger partial charge in [-0.15, -0.1) is 0 Å². The van der Waals surface area contributed by atoms with Crippen molar-refractivity contribution in [3.63, 3.8) is 0 Å². The molecule has 0 saturated heterocycles. The van der Waals surface area contributed by atoms with Crippen molar-refractivity contribution in [2.45, 2.75) is 26.0 Å². The number of carbonyl (C=O) groups excluding carboxylic acids is 2. The Kier molecular flexibility index (Phi) is 8.51. The zero-order valence-electron chi connectivity index (χ0n) is 19.8. The molecular formula is C24H29N5O5. The molecule has 3 rings (SSSR count). The molecule has 3 atom stereocenters. The fourth-order valence-corrected chi connectivity index (χ4v) is 3.56. The van der Waals surface area contributed by atoms with E-state index in [1.165, 1.54) is 29.7 Å². The number of rotatable bonds is 6. The van der Waals surface area contributed by atoms with E-state index in [2.05, 4.69) is 26.8 Å². The maximum absolute atomic E-state index is 13.4. The molecule has 1 aliphatic heterocycles. The van der Waals surface area contributed by atoms with Gasteiger partial charge in [-0.1, -0.05) is 18.8 Å². The van der Waals surface area contributed by atoms with E-state index in [1.807, 2.05) is 6.92 Å². The zero-order chi connectivity index (χ0) is 24.7. The Morgan fingerprint density at radius 1 is 1.38 bits per heavy atom. The molecule has 180 valence electrons. The molecule has 0 radical (unpaired) electrons. The minimum atomic E-state index is -0.469. The fourth-order valence-electron chi connectivity index (χ4n) is 3.56. The molecule has 3 heterocycles. The number of ether oxygens (including phenoxy) is 2. The molecule has 0 fully saturated rings. The second-order valence-electron chi connectivity index (χ2n) is 8.21. The third kappa shape index (κ3) is 5.87. The summed E-state index contributed by atoms with van der Waals surface area (Å²) < 4.78 is 11.1. The van der Waals surface area contributed by atoms with Crippen LogP contribution in [-0.2, 0) is 4.74 Å². The smallest absolute Gasteiger partial charge is 0.273 e. The van der Waals surface area contributed by atoms with Crippen molar-refractivity contribution in [1.82, 2.24) is 24.8 Å². The Morgan fingerprint density at radius 3 is 2.85 bits per heavy atom. The lowest BCUT2D eigenvalue weighted by Crippen LogP contribution is -2.50. The van der Waals surface area contributed by atoms with E-state index in [4.69, 9.17) is 9.47 Å². The van der Waals surface area contributed by atoms with Gasteiger partial charge in [0.05, 0.1) is 25.4 Å². The fraction of sp³-hybridized carbons (Fsp3) is 0.458. The highest BCUT2D eigenvalue weighted by atomic mass is 16.5. The molecular weight excluding hydrogens is 438 g/mol. The Hall–Kier alpha value is -3.55. The standard InChI is InChI=1S/C24H29N5O5/c1-16-13-29(17(2)15-30)23(31)19-10-18(6-5-9-33-4)11-27-22(19)34-21(16)14-28(3)24(32)20-12-25-7-8-26-20/h7-8,10-12,16-17,21,30H,9,13-15H2,1-4H3/t16-,17-,21-/m0/s1. The summed E-state index contributed by atoms with van der Waals surface area (Å²) in [7, 11) is 3.21. The van der Waals surface area contributed by atoms with E-state index in [-0.39, 0.29) is 54.6 Å². The van der Waals surface area contributed by atoms with Crippen LogP contribution in [0.4, 0.5) is 0 Å². The largest absolute Gasteiger partial charge is 0.472 e. The van der Waals surface area contributed by atoms with Crippen LogP contribution in [0.25, 0.3) is 0 Å². The Labute approximate surface area is 198 Å². The zero-order valence-corrected chi connectivity index (χ0v) is 19.8. The molecule has 2 amide bonds. The van der Waals surface area contributed by atoms with Crippen molar-refractivity contribution in [1.29, 1.82) is 0 Å². The summed E-state index contributed by atoms with van der Waals surface area (Å²) in [6, 6.07) is 1.22. The number of aliphatic hydroxyl groups is 1. The van der Waals surface area contributed by atoms with Crippen molar-refractivity contribution in [2.75, 3.05) is 40.5 Å². The first kappa shape index (κ1) is 25.1. The molecule has 10 heteroatoms. The van der Waals surface area contributed by atoms with Gasteiger partial charge in [0.25, 0.3) is 11.8 Å². The molecule has 1 N–H and O–H groups in total. The highest BCUT2D eigenvalue weighted by Gasteiger charge is 2.34. The predicted octanol–water partition coefficient (Wildman–Crippen LogP) is 0.862. The van der Waals surface area contributed by atoms with Crippen molar-refractivity contribution in [3.05, 3.63) is 47.7 Å². The van der Waals surface area contributed by atoms with Gasteiger partial charge in [-0.2, -0.15) is 0 Å². The Bertz CT molecular complexity index is 1070. The van der Waals surface area contributed by atoms with Crippen LogP contribution in [-0.4, -0.2) is 94.3 Å². The highest BCUT2D eigenvalue weighted by molar-refractivity contribution is 5.97. The molecule has 0 saturated carbocycles. The first-order valence-electron chi connectivity index (χ1n) is 10.9. The topological polar surface area (TPSA) is 118 Å². The average Bonchev–Trinajstić information content (AvgIpc) is 2.86. The van der Waals surface area contributed by atoms with Crippen LogP contribution in [0, 0.1) is 17.8 Å². The maximum Gasteiger partial charge on any atom is 0.273 e. The van der Waals surface area contributed by atoms with Crippen molar-refractivity contribution in [3.8, 4) is 17.7 Å². The summed E-state index contributed by atoms with van der Waals surface area (Å²) in [6.45, 7) is 4.35. The van der Waals surface area contributed by atoms with E-state index in [0.717, 1.165) is 0 Å². The van der Waals surface area contributed by atoms with Gasteiger partial charge in [0.2, 0.25) is 5.88 Å². The number of nitrogens with zero attached hydrogens (tertiary/aromatic N) is 5. The number of fused-ring (bicyclic) bond motifs is 1. The first-order chi connectivity index (χ1) is 16.3. The molecule has 0 unspecified atom stereocenters. The van der Waals surface area contributed by atoms with Crippen LogP contribution in [0.15, 0.2) is 30.9 Å². The first-order valence-corrected chi connectivity index (χ1v) is 10.9. The summed E-state index contributed by atoms with van der Waals surface area (Å²) >= 11 is 0. The van der Waals surface area contributed by atoms with Gasteiger partial charge in [0, 0.05) is 50.8 Å². The van der Waals surface area contributed by atoms with Gasteiger partial charge in [0.15, 0.2) is 0 Å². The number of likely N-dealkylation sites (N-methyl/N-ethyl adjacent to an activating group) is 1. The molecule has 0 aromatic carbocycles. The normalized spacial score (nSPS) is 18.5. The highest BCUT2D eigenvalue weighted by Crippen LogP contribution is 2.27. The van der Waals surface area contributed by atoms with Gasteiger partial charge in [-0.05, 0) is 13.0 Å². The van der Waals surface area contributed by atoms with Crippen LogP contribution < -0.4 is 4.74 Å². The van der Waals surface area contributed by atoms with Gasteiger partial charge in [-0.3, -0.25) is 14.6 Å². The van der Waals surface area contributed by atoms with Crippen molar-refractivity contribution < 1.29 is 24.2 Å². The molecule has 34 heavy (non-hydrogen) atoms. The number of methoxy groups -OCH3 is 1. The Morgan fingerprint density at radius 2 is 2.18 bits per heavy atom. The van der Waals surface area contributed by atoms with Crippen molar-refractivity contribution in [2.24, 2.45) is 5.92 Å². The molecule has 2 aromatic rings. The van der Waals surface area contributed by atoms with Crippen LogP contribution in [0.3, 0.4) is 0 Å². The van der Waals surface area contributed by atoms with Crippen LogP contribution in [0.1, 0.15) is 40.3 Å². The predicted molar refractivity (Wildman–Crippen MR) is 123 cm³/mol. The Balaban J connectivity index is 1.93. The molecule has 1 aliphatic rings. The molecule has 0 spiro atoms. The van der Waals surface area contributed by atoms with E-state index < -0.39 is 12.1 Å². The summed E-state index contributed by atoms with van der Waals surface area (Å²) in [5.74, 6) is 5.17. The minimum absolute atomic E-state index is 0.161. The SMILES string of the molecule is COCC#Cc1cnc2c(c1)C(=O)N([C@@H](C)CO)C[C@H](C)[C@H](CN(C)C(=O)c1cnccn1)O2. The number of aliphatic hydroxyl groups excluding tert-OH is 1. The lowest BCUT2D eigenvalue weighted by Gasteiger charge is -2.37. The summed E-state index contributed by atoms with van der Waals surface area (Å²) in [5, 5.41) is 9.77. The molecule has 0 bridgehead atoms. The van der Waals surface area contributed by atoms with Crippen LogP contribution >= 0.6 is 0 Å². The van der Waals surface area contributed by atoms with Gasteiger partial charge >= 0.3 is 0 Å². The number of aromatic nitrogens is 3. The lowest BCUT2D eigenvalue weighted by atomic mass is 10.00. The molecule has 10 nitrogen and oxygen atoms in total. The third-order valence-electron chi connectivity index (χ3n) is 5.55. The summed E-state index contributed by atoms with van der Waals surface area (Å²) in [5.41, 5.74) is 1.03. The van der Waals surface area contributed by atoms with Crippen LogP contribution in [0.5, 0.6) is 5.88 Å². The van der Waals surface area contributed by atoms with Crippen molar-refractivity contribution >= 4 is 11.8 Å². The summed E-state index contributed by atoms with van der Waals surface area (Å²) in [4.78, 5) is 41.7. The lowest BCUT2D eigenvalue weighted by molar-refractivity contribution is 0.0312. The number of hydrogen-bond acceptors (Lipinski definition) is 8. The average molecular weight is 468 g/mol. The second-order valence-corrected chi connectivity index (χ2v) is 8.21. The minimum Gasteiger partial charge on any atom is -0.472 e. The number of hydrogen-bond donors (Lipinski definition) is 1.